The van der Waals surface area contributed by atoms with E-state index in [1.165, 1.54) is 25.7 Å². The molecule has 1 atom stereocenters. The number of benzene rings is 1. The average Bonchev–Trinajstić information content (AvgIpc) is 2.84. The first kappa shape index (κ1) is 14.6. The van der Waals surface area contributed by atoms with Gasteiger partial charge < -0.3 is 9.47 Å². The predicted molar refractivity (Wildman–Crippen MR) is 75.4 cm³/mol. The number of nitrogens with zero attached hydrogens (tertiary/aromatic N) is 2. The van der Waals surface area contributed by atoms with E-state index in [-0.39, 0.29) is 5.69 Å². The molecule has 6 heteroatoms. The van der Waals surface area contributed by atoms with E-state index in [9.17, 15) is 10.1 Å². The molecular weight excluding hydrogens is 260 g/mol. The predicted octanol–water partition coefficient (Wildman–Crippen LogP) is 2.32. The van der Waals surface area contributed by atoms with Crippen molar-refractivity contribution in [3.8, 4) is 11.5 Å². The van der Waals surface area contributed by atoms with Gasteiger partial charge in [-0.15, -0.1) is 0 Å². The molecule has 0 saturated carbocycles. The van der Waals surface area contributed by atoms with E-state index in [1.54, 1.807) is 6.07 Å². The molecule has 0 bridgehead atoms. The van der Waals surface area contributed by atoms with Crippen molar-refractivity contribution in [2.45, 2.75) is 13.3 Å². The minimum atomic E-state index is -0.447. The zero-order valence-corrected chi connectivity index (χ0v) is 11.9. The molecule has 1 saturated heterocycles. The summed E-state index contributed by atoms with van der Waals surface area (Å²) in [5.74, 6) is 1.70. The molecule has 1 aromatic rings. The lowest BCUT2D eigenvalue weighted by Crippen LogP contribution is -2.26. The SMILES string of the molecule is COc1cc([N+](=O)[O-])ccc1OCCN1CC[C@@H](C)C1. The molecule has 0 aliphatic carbocycles. The highest BCUT2D eigenvalue weighted by atomic mass is 16.6. The van der Waals surface area contributed by atoms with Gasteiger partial charge in [-0.2, -0.15) is 0 Å². The van der Waals surface area contributed by atoms with Crippen LogP contribution in [0.25, 0.3) is 0 Å². The average molecular weight is 280 g/mol. The lowest BCUT2D eigenvalue weighted by atomic mass is 10.2. The molecule has 1 fully saturated rings. The summed E-state index contributed by atoms with van der Waals surface area (Å²) in [5, 5.41) is 10.7. The molecule has 0 aromatic heterocycles. The van der Waals surface area contributed by atoms with Crippen molar-refractivity contribution in [3.05, 3.63) is 28.3 Å². The fourth-order valence-electron chi connectivity index (χ4n) is 2.40. The van der Waals surface area contributed by atoms with Gasteiger partial charge in [-0.3, -0.25) is 15.0 Å². The Hall–Kier alpha value is -1.82. The highest BCUT2D eigenvalue weighted by Crippen LogP contribution is 2.31. The van der Waals surface area contributed by atoms with E-state index in [1.807, 2.05) is 0 Å². The van der Waals surface area contributed by atoms with Gasteiger partial charge >= 0.3 is 0 Å². The summed E-state index contributed by atoms with van der Waals surface area (Å²) in [4.78, 5) is 12.6. The van der Waals surface area contributed by atoms with E-state index in [4.69, 9.17) is 9.47 Å². The largest absolute Gasteiger partial charge is 0.493 e. The van der Waals surface area contributed by atoms with Crippen LogP contribution in [0.15, 0.2) is 18.2 Å². The lowest BCUT2D eigenvalue weighted by molar-refractivity contribution is -0.384. The number of nitro benzene ring substituents is 1. The third-order valence-electron chi connectivity index (χ3n) is 3.53. The number of methoxy groups -OCH3 is 1. The zero-order chi connectivity index (χ0) is 14.5. The van der Waals surface area contributed by atoms with Crippen molar-refractivity contribution in [2.24, 2.45) is 5.92 Å². The monoisotopic (exact) mass is 280 g/mol. The van der Waals surface area contributed by atoms with Crippen molar-refractivity contribution >= 4 is 5.69 Å². The number of hydrogen-bond donors (Lipinski definition) is 0. The molecular formula is C14H20N2O4. The summed E-state index contributed by atoms with van der Waals surface area (Å²) in [7, 11) is 1.48. The van der Waals surface area contributed by atoms with Crippen LogP contribution in [0.3, 0.4) is 0 Å². The number of non-ortho nitro benzene ring substituents is 1. The summed E-state index contributed by atoms with van der Waals surface area (Å²) in [5.41, 5.74) is 0.00238. The topological polar surface area (TPSA) is 64.8 Å². The van der Waals surface area contributed by atoms with Crippen LogP contribution in [0.1, 0.15) is 13.3 Å². The molecule has 2 rings (SSSR count). The Morgan fingerprint density at radius 1 is 1.45 bits per heavy atom. The van der Waals surface area contributed by atoms with Crippen LogP contribution in [0.5, 0.6) is 11.5 Å². The minimum Gasteiger partial charge on any atom is -0.493 e. The van der Waals surface area contributed by atoms with Gasteiger partial charge in [0.05, 0.1) is 18.1 Å². The fraction of sp³-hybridized carbons (Fsp3) is 0.571. The first-order valence-corrected chi connectivity index (χ1v) is 6.77. The maximum atomic E-state index is 10.7. The summed E-state index contributed by atoms with van der Waals surface area (Å²) in [6.07, 6.45) is 1.24. The first-order chi connectivity index (χ1) is 9.60. The van der Waals surface area contributed by atoms with Gasteiger partial charge in [-0.05, 0) is 24.9 Å². The Kier molecular flexibility index (Phi) is 4.79. The minimum absolute atomic E-state index is 0.00238. The van der Waals surface area contributed by atoms with Gasteiger partial charge in [0, 0.05) is 19.2 Å². The van der Waals surface area contributed by atoms with Gasteiger partial charge in [0.25, 0.3) is 5.69 Å². The highest BCUT2D eigenvalue weighted by molar-refractivity contribution is 5.48. The number of ether oxygens (including phenoxy) is 2. The molecule has 1 aromatic carbocycles. The Labute approximate surface area is 118 Å². The Balaban J connectivity index is 1.90. The maximum absolute atomic E-state index is 10.7. The summed E-state index contributed by atoms with van der Waals surface area (Å²) < 4.78 is 10.8. The Morgan fingerprint density at radius 3 is 2.85 bits per heavy atom. The second kappa shape index (κ2) is 6.56. The smallest absolute Gasteiger partial charge is 0.273 e. The van der Waals surface area contributed by atoms with Crippen LogP contribution < -0.4 is 9.47 Å². The van der Waals surface area contributed by atoms with E-state index in [2.05, 4.69) is 11.8 Å². The van der Waals surface area contributed by atoms with Gasteiger partial charge in [0.2, 0.25) is 0 Å². The van der Waals surface area contributed by atoms with Crippen molar-refractivity contribution in [1.29, 1.82) is 0 Å². The third kappa shape index (κ3) is 3.60. The summed E-state index contributed by atoms with van der Waals surface area (Å²) in [6.45, 7) is 5.90. The van der Waals surface area contributed by atoms with E-state index >= 15 is 0 Å². The molecule has 0 amide bonds. The molecule has 0 spiro atoms. The van der Waals surface area contributed by atoms with Crippen molar-refractivity contribution in [2.75, 3.05) is 33.4 Å². The van der Waals surface area contributed by atoms with Crippen molar-refractivity contribution in [1.82, 2.24) is 4.90 Å². The number of likely N-dealkylation sites (tertiary alicyclic amines) is 1. The molecule has 20 heavy (non-hydrogen) atoms. The van der Waals surface area contributed by atoms with E-state index < -0.39 is 4.92 Å². The Morgan fingerprint density at radius 2 is 2.25 bits per heavy atom. The molecule has 1 heterocycles. The van der Waals surface area contributed by atoms with E-state index in [0.29, 0.717) is 18.1 Å². The molecule has 1 aliphatic heterocycles. The summed E-state index contributed by atoms with van der Waals surface area (Å²) in [6, 6.07) is 4.40. The van der Waals surface area contributed by atoms with Gasteiger partial charge in [-0.25, -0.2) is 0 Å². The molecule has 1 aliphatic rings. The van der Waals surface area contributed by atoms with Gasteiger partial charge in [-0.1, -0.05) is 6.92 Å². The quantitative estimate of drug-likeness (QED) is 0.591. The normalized spacial score (nSPS) is 19.0. The highest BCUT2D eigenvalue weighted by Gasteiger charge is 2.18. The molecule has 6 nitrogen and oxygen atoms in total. The third-order valence-corrected chi connectivity index (χ3v) is 3.53. The molecule has 0 N–H and O–H groups in total. The van der Waals surface area contributed by atoms with Gasteiger partial charge in [0.15, 0.2) is 11.5 Å². The van der Waals surface area contributed by atoms with Crippen LogP contribution in [-0.4, -0.2) is 43.2 Å². The van der Waals surface area contributed by atoms with E-state index in [0.717, 1.165) is 25.6 Å². The zero-order valence-electron chi connectivity index (χ0n) is 11.9. The summed E-state index contributed by atoms with van der Waals surface area (Å²) >= 11 is 0. The van der Waals surface area contributed by atoms with Crippen molar-refractivity contribution < 1.29 is 14.4 Å². The van der Waals surface area contributed by atoms with Crippen LogP contribution in [0.2, 0.25) is 0 Å². The molecule has 0 unspecified atom stereocenters. The van der Waals surface area contributed by atoms with Crippen LogP contribution >= 0.6 is 0 Å². The first-order valence-electron chi connectivity index (χ1n) is 6.77. The van der Waals surface area contributed by atoms with Gasteiger partial charge in [0.1, 0.15) is 6.61 Å². The lowest BCUT2D eigenvalue weighted by Gasteiger charge is -2.16. The molecule has 0 radical (unpaired) electrons. The second-order valence-corrected chi connectivity index (χ2v) is 5.14. The number of rotatable bonds is 6. The van der Waals surface area contributed by atoms with Crippen LogP contribution in [0, 0.1) is 16.0 Å². The standard InChI is InChI=1S/C14H20N2O4/c1-11-5-6-15(10-11)7-8-20-13-4-3-12(16(17)18)9-14(13)19-2/h3-4,9,11H,5-8,10H2,1-2H3/t11-/m1/s1. The maximum Gasteiger partial charge on any atom is 0.273 e. The second-order valence-electron chi connectivity index (χ2n) is 5.14. The Bertz CT molecular complexity index is 478. The van der Waals surface area contributed by atoms with Crippen LogP contribution in [0.4, 0.5) is 5.69 Å². The fourth-order valence-corrected chi connectivity index (χ4v) is 2.40. The number of hydrogen-bond acceptors (Lipinski definition) is 5. The molecule has 110 valence electrons. The van der Waals surface area contributed by atoms with Crippen molar-refractivity contribution in [3.63, 3.8) is 0 Å². The number of nitro groups is 1. The van der Waals surface area contributed by atoms with Crippen LogP contribution in [-0.2, 0) is 0 Å².